The molecular formula is C15H22N2O. The lowest BCUT2D eigenvalue weighted by atomic mass is 9.91. The Morgan fingerprint density at radius 2 is 1.67 bits per heavy atom. The van der Waals surface area contributed by atoms with Crippen molar-refractivity contribution in [2.24, 2.45) is 4.99 Å². The minimum absolute atomic E-state index is 0.904. The smallest absolute Gasteiger partial charge is 0.125 e. The molecule has 0 saturated heterocycles. The first kappa shape index (κ1) is 12.9. The van der Waals surface area contributed by atoms with E-state index in [1.807, 2.05) is 0 Å². The molecule has 0 saturated carbocycles. The van der Waals surface area contributed by atoms with Gasteiger partial charge in [0.2, 0.25) is 0 Å². The summed E-state index contributed by atoms with van der Waals surface area (Å²) in [5, 5.41) is 3.35. The second-order valence-electron chi connectivity index (χ2n) is 4.94. The van der Waals surface area contributed by atoms with Gasteiger partial charge in [-0.2, -0.15) is 0 Å². The van der Waals surface area contributed by atoms with Crippen molar-refractivity contribution in [1.29, 1.82) is 0 Å². The molecule has 1 aromatic carbocycles. The van der Waals surface area contributed by atoms with Crippen molar-refractivity contribution in [3.63, 3.8) is 0 Å². The predicted octanol–water partition coefficient (Wildman–Crippen LogP) is 2.47. The van der Waals surface area contributed by atoms with Crippen LogP contribution in [-0.4, -0.2) is 26.0 Å². The lowest BCUT2D eigenvalue weighted by molar-refractivity contribution is 0.407. The topological polar surface area (TPSA) is 33.6 Å². The van der Waals surface area contributed by atoms with E-state index in [0.29, 0.717) is 0 Å². The van der Waals surface area contributed by atoms with Crippen LogP contribution in [0.5, 0.6) is 5.75 Å². The zero-order chi connectivity index (χ0) is 13.3. The number of hydrogen-bond acceptors (Lipinski definition) is 3. The molecular weight excluding hydrogens is 224 g/mol. The Morgan fingerprint density at radius 3 is 2.11 bits per heavy atom. The normalized spacial score (nSPS) is 14.4. The van der Waals surface area contributed by atoms with Gasteiger partial charge in [0.15, 0.2) is 0 Å². The van der Waals surface area contributed by atoms with Crippen molar-refractivity contribution < 1.29 is 4.74 Å². The molecule has 98 valence electrons. The van der Waals surface area contributed by atoms with Crippen molar-refractivity contribution in [2.45, 2.75) is 34.1 Å². The summed E-state index contributed by atoms with van der Waals surface area (Å²) < 4.78 is 5.52. The molecule has 2 rings (SSSR count). The second kappa shape index (κ2) is 5.01. The van der Waals surface area contributed by atoms with E-state index in [0.717, 1.165) is 31.1 Å². The van der Waals surface area contributed by atoms with Gasteiger partial charge in [-0.1, -0.05) is 0 Å². The van der Waals surface area contributed by atoms with E-state index in [2.05, 4.69) is 38.0 Å². The highest BCUT2D eigenvalue weighted by molar-refractivity contribution is 5.86. The highest BCUT2D eigenvalue weighted by atomic mass is 16.5. The van der Waals surface area contributed by atoms with Crippen LogP contribution in [0.4, 0.5) is 0 Å². The number of aliphatic imine (C=N–C) groups is 1. The summed E-state index contributed by atoms with van der Waals surface area (Å²) in [7, 11) is 1.75. The van der Waals surface area contributed by atoms with Crippen LogP contribution >= 0.6 is 0 Å². The van der Waals surface area contributed by atoms with Crippen LogP contribution in [0.25, 0.3) is 0 Å². The minimum atomic E-state index is 0.904. The lowest BCUT2D eigenvalue weighted by Crippen LogP contribution is -2.21. The van der Waals surface area contributed by atoms with E-state index < -0.39 is 0 Å². The van der Waals surface area contributed by atoms with Crippen LogP contribution in [-0.2, 0) is 6.42 Å². The van der Waals surface area contributed by atoms with E-state index >= 15 is 0 Å². The number of nitrogens with one attached hydrogen (secondary N) is 1. The van der Waals surface area contributed by atoms with Gasteiger partial charge in [0.25, 0.3) is 0 Å². The molecule has 1 heterocycles. The number of amidine groups is 1. The van der Waals surface area contributed by atoms with Gasteiger partial charge >= 0.3 is 0 Å². The Bertz CT molecular complexity index is 475. The zero-order valence-electron chi connectivity index (χ0n) is 12.0. The lowest BCUT2D eigenvalue weighted by Gasteiger charge is -2.19. The van der Waals surface area contributed by atoms with Crippen molar-refractivity contribution in [1.82, 2.24) is 5.32 Å². The van der Waals surface area contributed by atoms with E-state index in [-0.39, 0.29) is 0 Å². The highest BCUT2D eigenvalue weighted by Gasteiger charge is 2.17. The summed E-state index contributed by atoms with van der Waals surface area (Å²) in [6.45, 7) is 10.5. The first-order valence-electron chi connectivity index (χ1n) is 6.46. The molecule has 1 aliphatic heterocycles. The number of hydrogen-bond donors (Lipinski definition) is 1. The van der Waals surface area contributed by atoms with E-state index in [4.69, 9.17) is 4.74 Å². The monoisotopic (exact) mass is 246 g/mol. The van der Waals surface area contributed by atoms with Crippen LogP contribution in [0.3, 0.4) is 0 Å². The molecule has 0 atom stereocenters. The van der Waals surface area contributed by atoms with Crippen molar-refractivity contribution in [3.8, 4) is 5.75 Å². The third-order valence-corrected chi connectivity index (χ3v) is 4.00. The molecule has 0 amide bonds. The second-order valence-corrected chi connectivity index (χ2v) is 4.94. The Morgan fingerprint density at radius 1 is 1.06 bits per heavy atom. The van der Waals surface area contributed by atoms with E-state index in [1.54, 1.807) is 7.11 Å². The average molecular weight is 246 g/mol. The number of ether oxygens (including phenoxy) is 1. The van der Waals surface area contributed by atoms with Crippen LogP contribution in [0.1, 0.15) is 27.8 Å². The maximum Gasteiger partial charge on any atom is 0.125 e. The van der Waals surface area contributed by atoms with Gasteiger partial charge < -0.3 is 10.1 Å². The SMILES string of the molecule is COc1c(C)c(C)c(CC2=NCCN2)c(C)c1C. The summed E-state index contributed by atoms with van der Waals surface area (Å²) in [5.74, 6) is 2.14. The maximum atomic E-state index is 5.52. The summed E-state index contributed by atoms with van der Waals surface area (Å²) in [4.78, 5) is 4.49. The molecule has 0 spiro atoms. The van der Waals surface area contributed by atoms with Gasteiger partial charge in [-0.3, -0.25) is 4.99 Å². The Kier molecular flexibility index (Phi) is 3.60. The molecule has 3 nitrogen and oxygen atoms in total. The summed E-state index contributed by atoms with van der Waals surface area (Å²) in [6.07, 6.45) is 0.906. The third kappa shape index (κ3) is 2.09. The van der Waals surface area contributed by atoms with E-state index in [9.17, 15) is 0 Å². The van der Waals surface area contributed by atoms with Crippen LogP contribution in [0.15, 0.2) is 4.99 Å². The maximum absolute atomic E-state index is 5.52. The summed E-state index contributed by atoms with van der Waals surface area (Å²) in [6, 6.07) is 0. The van der Waals surface area contributed by atoms with Crippen molar-refractivity contribution >= 4 is 5.84 Å². The fourth-order valence-electron chi connectivity index (χ4n) is 2.66. The van der Waals surface area contributed by atoms with Crippen molar-refractivity contribution in [2.75, 3.05) is 20.2 Å². The fraction of sp³-hybridized carbons (Fsp3) is 0.533. The van der Waals surface area contributed by atoms with Gasteiger partial charge in [0.1, 0.15) is 11.6 Å². The van der Waals surface area contributed by atoms with Gasteiger partial charge in [0, 0.05) is 13.0 Å². The number of rotatable bonds is 3. The molecule has 0 unspecified atom stereocenters. The minimum Gasteiger partial charge on any atom is -0.496 e. The highest BCUT2D eigenvalue weighted by Crippen LogP contribution is 2.32. The molecule has 0 radical (unpaired) electrons. The van der Waals surface area contributed by atoms with Crippen LogP contribution in [0.2, 0.25) is 0 Å². The molecule has 0 aromatic heterocycles. The largest absolute Gasteiger partial charge is 0.496 e. The Hall–Kier alpha value is -1.51. The quantitative estimate of drug-likeness (QED) is 0.889. The first-order valence-corrected chi connectivity index (χ1v) is 6.46. The van der Waals surface area contributed by atoms with Crippen LogP contribution in [0, 0.1) is 27.7 Å². The number of benzene rings is 1. The molecule has 1 aromatic rings. The molecule has 0 bridgehead atoms. The Labute approximate surface area is 109 Å². The molecule has 0 fully saturated rings. The van der Waals surface area contributed by atoms with Gasteiger partial charge in [0.05, 0.1) is 13.7 Å². The van der Waals surface area contributed by atoms with E-state index in [1.165, 1.54) is 27.8 Å². The number of nitrogens with zero attached hydrogens (tertiary/aromatic N) is 1. The zero-order valence-corrected chi connectivity index (χ0v) is 12.0. The first-order chi connectivity index (χ1) is 8.56. The van der Waals surface area contributed by atoms with Gasteiger partial charge in [-0.15, -0.1) is 0 Å². The predicted molar refractivity (Wildman–Crippen MR) is 76.0 cm³/mol. The molecule has 3 heteroatoms. The standard InChI is InChI=1S/C15H22N2O/c1-9-11(3)15(18-5)12(4)10(2)13(9)8-14-16-6-7-17-14/h6-8H2,1-5H3,(H,16,17). The van der Waals surface area contributed by atoms with Crippen molar-refractivity contribution in [3.05, 3.63) is 27.8 Å². The molecule has 1 aliphatic rings. The third-order valence-electron chi connectivity index (χ3n) is 4.00. The summed E-state index contributed by atoms with van der Waals surface area (Å²) in [5.41, 5.74) is 6.53. The molecule has 1 N–H and O–H groups in total. The van der Waals surface area contributed by atoms with Gasteiger partial charge in [-0.25, -0.2) is 0 Å². The Balaban J connectivity index is 2.47. The molecule has 0 aliphatic carbocycles. The average Bonchev–Trinajstić information content (AvgIpc) is 2.86. The fourth-order valence-corrected chi connectivity index (χ4v) is 2.66. The van der Waals surface area contributed by atoms with Crippen LogP contribution < -0.4 is 10.1 Å². The number of methoxy groups -OCH3 is 1. The summed E-state index contributed by atoms with van der Waals surface area (Å²) >= 11 is 0. The van der Waals surface area contributed by atoms with Gasteiger partial charge in [-0.05, 0) is 55.5 Å². The molecule has 18 heavy (non-hydrogen) atoms.